The number of carbonyl (C=O) groups excluding carboxylic acids is 1. The zero-order chi connectivity index (χ0) is 16.0. The van der Waals surface area contributed by atoms with E-state index in [-0.39, 0.29) is 11.3 Å². The van der Waals surface area contributed by atoms with Crippen molar-refractivity contribution < 1.29 is 23.1 Å². The van der Waals surface area contributed by atoms with Crippen molar-refractivity contribution in [2.75, 3.05) is 0 Å². The lowest BCUT2D eigenvalue weighted by molar-refractivity contribution is -0.139. The van der Waals surface area contributed by atoms with Crippen LogP contribution in [0.15, 0.2) is 24.3 Å². The van der Waals surface area contributed by atoms with E-state index in [4.69, 9.17) is 10.2 Å². The van der Waals surface area contributed by atoms with Gasteiger partial charge in [-0.25, -0.2) is 18.4 Å². The Labute approximate surface area is 123 Å². The van der Waals surface area contributed by atoms with Crippen LogP contribution in [0.2, 0.25) is 0 Å². The highest BCUT2D eigenvalue weighted by Crippen LogP contribution is 2.08. The first-order valence-electron chi connectivity index (χ1n) is 6.36. The fourth-order valence-corrected chi connectivity index (χ4v) is 2.43. The van der Waals surface area contributed by atoms with Gasteiger partial charge in [-0.3, -0.25) is 4.79 Å². The van der Waals surface area contributed by atoms with Crippen LogP contribution in [0.4, 0.5) is 0 Å². The third-order valence-electron chi connectivity index (χ3n) is 2.76. The largest absolute Gasteiger partial charge is 0.480 e. The monoisotopic (exact) mass is 314 g/mol. The Morgan fingerprint density at radius 2 is 1.86 bits per heavy atom. The minimum absolute atomic E-state index is 0.260. The first-order chi connectivity index (χ1) is 9.73. The number of carbonyl (C=O) groups is 2. The standard InChI is InChI=1S/C13H18N2O5S/c1-2-3-11(13(17)18)15-12(16)10-6-4-9(5-7-10)8-21(14,19)20/h4-7,11H,2-3,8H2,1H3,(H,15,16)(H,17,18)(H2,14,19,20). The SMILES string of the molecule is CCCC(NC(=O)c1ccc(CS(N)(=O)=O)cc1)C(=O)O. The highest BCUT2D eigenvalue weighted by Gasteiger charge is 2.19. The number of carboxylic acid groups (broad SMARTS) is 1. The summed E-state index contributed by atoms with van der Waals surface area (Å²) in [6, 6.07) is 4.86. The Morgan fingerprint density at radius 3 is 2.29 bits per heavy atom. The Balaban J connectivity index is 2.77. The Morgan fingerprint density at radius 1 is 1.29 bits per heavy atom. The predicted molar refractivity (Wildman–Crippen MR) is 77.1 cm³/mol. The summed E-state index contributed by atoms with van der Waals surface area (Å²) in [7, 11) is -3.63. The first-order valence-corrected chi connectivity index (χ1v) is 8.07. The van der Waals surface area contributed by atoms with Crippen molar-refractivity contribution in [1.82, 2.24) is 5.32 Å². The first kappa shape index (κ1) is 17.1. The van der Waals surface area contributed by atoms with Gasteiger partial charge in [0.2, 0.25) is 10.0 Å². The molecule has 0 fully saturated rings. The summed E-state index contributed by atoms with van der Waals surface area (Å²) in [4.78, 5) is 22.9. The van der Waals surface area contributed by atoms with Crippen molar-refractivity contribution in [3.63, 3.8) is 0 Å². The number of primary sulfonamides is 1. The molecule has 1 amide bonds. The van der Waals surface area contributed by atoms with E-state index in [0.717, 1.165) is 0 Å². The Kier molecular flexibility index (Phi) is 5.86. The van der Waals surface area contributed by atoms with Gasteiger partial charge in [-0.2, -0.15) is 0 Å². The molecule has 0 aromatic heterocycles. The average Bonchev–Trinajstić information content (AvgIpc) is 2.36. The van der Waals surface area contributed by atoms with Crippen LogP contribution in [0.1, 0.15) is 35.7 Å². The van der Waals surface area contributed by atoms with E-state index in [9.17, 15) is 18.0 Å². The Hall–Kier alpha value is -1.93. The maximum atomic E-state index is 11.9. The van der Waals surface area contributed by atoms with Gasteiger partial charge in [-0.15, -0.1) is 0 Å². The van der Waals surface area contributed by atoms with Crippen LogP contribution in [0, 0.1) is 0 Å². The Bertz CT molecular complexity index is 610. The number of hydrogen-bond acceptors (Lipinski definition) is 4. The van der Waals surface area contributed by atoms with E-state index in [2.05, 4.69) is 5.32 Å². The molecule has 0 saturated heterocycles. The summed E-state index contributed by atoms with van der Waals surface area (Å²) in [5.74, 6) is -1.92. The molecule has 0 bridgehead atoms. The van der Waals surface area contributed by atoms with Crippen LogP contribution in [0.5, 0.6) is 0 Å². The lowest BCUT2D eigenvalue weighted by Crippen LogP contribution is -2.40. The van der Waals surface area contributed by atoms with E-state index < -0.39 is 27.9 Å². The minimum Gasteiger partial charge on any atom is -0.480 e. The molecule has 0 aliphatic rings. The fraction of sp³-hybridized carbons (Fsp3) is 0.385. The number of rotatable bonds is 7. The zero-order valence-electron chi connectivity index (χ0n) is 11.6. The number of hydrogen-bond donors (Lipinski definition) is 3. The highest BCUT2D eigenvalue weighted by atomic mass is 32.2. The van der Waals surface area contributed by atoms with E-state index in [1.165, 1.54) is 24.3 Å². The summed E-state index contributed by atoms with van der Waals surface area (Å²) in [5.41, 5.74) is 0.716. The third-order valence-corrected chi connectivity index (χ3v) is 3.50. The van der Waals surface area contributed by atoms with Crippen LogP contribution < -0.4 is 10.5 Å². The smallest absolute Gasteiger partial charge is 0.326 e. The molecule has 1 atom stereocenters. The lowest BCUT2D eigenvalue weighted by Gasteiger charge is -2.13. The molecular formula is C13H18N2O5S. The molecule has 0 heterocycles. The molecule has 0 saturated carbocycles. The molecule has 21 heavy (non-hydrogen) atoms. The molecule has 7 nitrogen and oxygen atoms in total. The second-order valence-corrected chi connectivity index (χ2v) is 6.27. The van der Waals surface area contributed by atoms with Crippen molar-refractivity contribution in [2.24, 2.45) is 5.14 Å². The number of aliphatic carboxylic acids is 1. The fourth-order valence-electron chi connectivity index (χ4n) is 1.77. The molecule has 116 valence electrons. The summed E-state index contributed by atoms with van der Waals surface area (Å²) >= 11 is 0. The van der Waals surface area contributed by atoms with Gasteiger partial charge in [0.15, 0.2) is 0 Å². The van der Waals surface area contributed by atoms with Crippen molar-refractivity contribution in [3.8, 4) is 0 Å². The van der Waals surface area contributed by atoms with Crippen LogP contribution in [-0.4, -0.2) is 31.4 Å². The van der Waals surface area contributed by atoms with Gasteiger partial charge in [0.25, 0.3) is 5.91 Å². The van der Waals surface area contributed by atoms with Crippen molar-refractivity contribution in [2.45, 2.75) is 31.6 Å². The molecule has 1 rings (SSSR count). The molecule has 1 aromatic carbocycles. The summed E-state index contributed by atoms with van der Waals surface area (Å²) in [6.07, 6.45) is 0.967. The molecule has 1 unspecified atom stereocenters. The number of carboxylic acids is 1. The number of nitrogens with one attached hydrogen (secondary N) is 1. The molecule has 0 spiro atoms. The van der Waals surface area contributed by atoms with E-state index in [1.807, 2.05) is 6.92 Å². The highest BCUT2D eigenvalue weighted by molar-refractivity contribution is 7.88. The second-order valence-electron chi connectivity index (χ2n) is 4.66. The molecule has 0 aliphatic heterocycles. The van der Waals surface area contributed by atoms with Crippen LogP contribution in [0.25, 0.3) is 0 Å². The maximum Gasteiger partial charge on any atom is 0.326 e. The maximum absolute atomic E-state index is 11.9. The van der Waals surface area contributed by atoms with Gasteiger partial charge >= 0.3 is 5.97 Å². The number of benzene rings is 1. The normalized spacial score (nSPS) is 12.7. The summed E-state index contributed by atoms with van der Waals surface area (Å²) in [6.45, 7) is 1.82. The van der Waals surface area contributed by atoms with Crippen LogP contribution >= 0.6 is 0 Å². The van der Waals surface area contributed by atoms with Crippen molar-refractivity contribution in [1.29, 1.82) is 0 Å². The van der Waals surface area contributed by atoms with E-state index >= 15 is 0 Å². The van der Waals surface area contributed by atoms with E-state index in [0.29, 0.717) is 18.4 Å². The zero-order valence-corrected chi connectivity index (χ0v) is 12.4. The van der Waals surface area contributed by atoms with Gasteiger partial charge in [0.05, 0.1) is 5.75 Å². The van der Waals surface area contributed by atoms with Crippen molar-refractivity contribution in [3.05, 3.63) is 35.4 Å². The quantitative estimate of drug-likeness (QED) is 0.674. The topological polar surface area (TPSA) is 127 Å². The van der Waals surface area contributed by atoms with E-state index in [1.54, 1.807) is 0 Å². The molecule has 0 radical (unpaired) electrons. The second kappa shape index (κ2) is 7.19. The lowest BCUT2D eigenvalue weighted by atomic mass is 10.1. The molecule has 0 aliphatic carbocycles. The molecule has 1 aromatic rings. The van der Waals surface area contributed by atoms with Crippen molar-refractivity contribution >= 4 is 21.9 Å². The molecule has 8 heteroatoms. The van der Waals surface area contributed by atoms with Crippen LogP contribution in [-0.2, 0) is 20.6 Å². The van der Waals surface area contributed by atoms with Gasteiger partial charge in [0.1, 0.15) is 6.04 Å². The summed E-state index contributed by atoms with van der Waals surface area (Å²) in [5, 5.41) is 16.3. The summed E-state index contributed by atoms with van der Waals surface area (Å²) < 4.78 is 21.9. The van der Waals surface area contributed by atoms with Gasteiger partial charge in [-0.05, 0) is 24.1 Å². The molecular weight excluding hydrogens is 296 g/mol. The average molecular weight is 314 g/mol. The van der Waals surface area contributed by atoms with Gasteiger partial charge < -0.3 is 10.4 Å². The number of sulfonamides is 1. The molecule has 4 N–H and O–H groups in total. The number of amides is 1. The van der Waals surface area contributed by atoms with Crippen LogP contribution in [0.3, 0.4) is 0 Å². The van der Waals surface area contributed by atoms with Gasteiger partial charge in [-0.1, -0.05) is 25.5 Å². The predicted octanol–water partition coefficient (Wildman–Crippen LogP) is 0.458. The van der Waals surface area contributed by atoms with Gasteiger partial charge in [0, 0.05) is 5.56 Å². The third kappa shape index (κ3) is 5.92. The number of nitrogens with two attached hydrogens (primary N) is 1. The minimum atomic E-state index is -3.63.